The van der Waals surface area contributed by atoms with Crippen molar-refractivity contribution in [2.75, 3.05) is 6.26 Å². The molecular formula is C15H17ClN2O3S. The van der Waals surface area contributed by atoms with Crippen LogP contribution in [0.2, 0.25) is 0 Å². The van der Waals surface area contributed by atoms with Gasteiger partial charge in [-0.1, -0.05) is 30.3 Å². The van der Waals surface area contributed by atoms with Crippen molar-refractivity contribution < 1.29 is 13.2 Å². The summed E-state index contributed by atoms with van der Waals surface area (Å²) in [5.74, 6) is 0.357. The van der Waals surface area contributed by atoms with E-state index in [1.54, 1.807) is 48.5 Å². The highest BCUT2D eigenvalue weighted by atomic mass is 35.5. The van der Waals surface area contributed by atoms with Gasteiger partial charge in [0.05, 0.1) is 10.5 Å². The van der Waals surface area contributed by atoms with Crippen LogP contribution < -0.4 is 10.5 Å². The number of amidine groups is 1. The van der Waals surface area contributed by atoms with E-state index in [0.29, 0.717) is 16.9 Å². The van der Waals surface area contributed by atoms with E-state index in [9.17, 15) is 8.42 Å². The Balaban J connectivity index is 0.00000242. The third kappa shape index (κ3) is 4.22. The molecule has 0 fully saturated rings. The smallest absolute Gasteiger partial charge is 0.175 e. The van der Waals surface area contributed by atoms with Gasteiger partial charge in [0.15, 0.2) is 9.84 Å². The van der Waals surface area contributed by atoms with Crippen molar-refractivity contribution >= 4 is 28.1 Å². The first-order valence-electron chi connectivity index (χ1n) is 6.24. The number of sulfone groups is 1. The molecule has 0 spiro atoms. The zero-order chi connectivity index (χ0) is 15.5. The summed E-state index contributed by atoms with van der Waals surface area (Å²) in [6, 6.07) is 13.6. The van der Waals surface area contributed by atoms with Crippen LogP contribution >= 0.6 is 12.4 Å². The van der Waals surface area contributed by atoms with Gasteiger partial charge in [-0.15, -0.1) is 12.4 Å². The number of nitrogens with two attached hydrogens (primary N) is 1. The fourth-order valence-electron chi connectivity index (χ4n) is 1.96. The molecule has 0 radical (unpaired) electrons. The van der Waals surface area contributed by atoms with Gasteiger partial charge in [0, 0.05) is 11.8 Å². The number of hydrogen-bond acceptors (Lipinski definition) is 4. The lowest BCUT2D eigenvalue weighted by Gasteiger charge is -2.12. The average Bonchev–Trinajstić information content (AvgIpc) is 2.44. The monoisotopic (exact) mass is 340 g/mol. The minimum atomic E-state index is -3.31. The molecule has 0 saturated heterocycles. The van der Waals surface area contributed by atoms with Gasteiger partial charge < -0.3 is 10.5 Å². The Labute approximate surface area is 136 Å². The van der Waals surface area contributed by atoms with Crippen molar-refractivity contribution in [3.8, 4) is 5.75 Å². The predicted molar refractivity (Wildman–Crippen MR) is 88.6 cm³/mol. The fraction of sp³-hybridized carbons (Fsp3) is 0.133. The van der Waals surface area contributed by atoms with Crippen molar-refractivity contribution in [3.05, 3.63) is 59.7 Å². The van der Waals surface area contributed by atoms with E-state index in [2.05, 4.69) is 0 Å². The first-order chi connectivity index (χ1) is 9.89. The third-order valence-electron chi connectivity index (χ3n) is 2.93. The Morgan fingerprint density at radius 2 is 1.73 bits per heavy atom. The zero-order valence-corrected chi connectivity index (χ0v) is 13.6. The van der Waals surface area contributed by atoms with Crippen LogP contribution in [0.25, 0.3) is 0 Å². The molecule has 2 aromatic rings. The van der Waals surface area contributed by atoms with Crippen molar-refractivity contribution in [2.45, 2.75) is 11.5 Å². The Bertz CT molecular complexity index is 776. The standard InChI is InChI=1S/C15H16N2O3S.ClH/c1-21(18,19)14-9-5-2-6-11(14)10-20-13-8-4-3-7-12(13)15(16)17;/h2-9H,10H2,1H3,(H3,16,17);1H. The molecule has 0 aliphatic carbocycles. The highest BCUT2D eigenvalue weighted by molar-refractivity contribution is 7.90. The van der Waals surface area contributed by atoms with E-state index >= 15 is 0 Å². The van der Waals surface area contributed by atoms with Gasteiger partial charge in [-0.3, -0.25) is 5.41 Å². The van der Waals surface area contributed by atoms with Crippen molar-refractivity contribution in [1.82, 2.24) is 0 Å². The largest absolute Gasteiger partial charge is 0.488 e. The van der Waals surface area contributed by atoms with Gasteiger partial charge >= 0.3 is 0 Å². The molecule has 5 nitrogen and oxygen atoms in total. The molecule has 0 saturated carbocycles. The van der Waals surface area contributed by atoms with Crippen LogP contribution in [0.4, 0.5) is 0 Å². The number of hydrogen-bond donors (Lipinski definition) is 2. The number of para-hydroxylation sites is 1. The minimum Gasteiger partial charge on any atom is -0.488 e. The van der Waals surface area contributed by atoms with E-state index in [1.807, 2.05) is 0 Å². The van der Waals surface area contributed by atoms with E-state index in [-0.39, 0.29) is 29.7 Å². The lowest BCUT2D eigenvalue weighted by Crippen LogP contribution is -2.13. The summed E-state index contributed by atoms with van der Waals surface area (Å²) in [4.78, 5) is 0.241. The van der Waals surface area contributed by atoms with Crippen LogP contribution in [0.1, 0.15) is 11.1 Å². The maximum atomic E-state index is 11.7. The molecule has 2 rings (SSSR count). The van der Waals surface area contributed by atoms with E-state index < -0.39 is 9.84 Å². The van der Waals surface area contributed by atoms with Gasteiger partial charge in [0.2, 0.25) is 0 Å². The predicted octanol–water partition coefficient (Wildman–Crippen LogP) is 2.37. The summed E-state index contributed by atoms with van der Waals surface area (Å²) in [5.41, 5.74) is 6.54. The summed E-state index contributed by atoms with van der Waals surface area (Å²) >= 11 is 0. The summed E-state index contributed by atoms with van der Waals surface area (Å²) in [5, 5.41) is 7.50. The molecule has 118 valence electrons. The molecule has 0 unspecified atom stereocenters. The molecule has 0 aromatic heterocycles. The Morgan fingerprint density at radius 1 is 1.14 bits per heavy atom. The number of nitrogen functional groups attached to an aromatic ring is 1. The highest BCUT2D eigenvalue weighted by Crippen LogP contribution is 2.21. The summed E-state index contributed by atoms with van der Waals surface area (Å²) < 4.78 is 29.1. The first-order valence-corrected chi connectivity index (χ1v) is 8.13. The lowest BCUT2D eigenvalue weighted by atomic mass is 10.2. The second-order valence-corrected chi connectivity index (χ2v) is 6.56. The molecule has 22 heavy (non-hydrogen) atoms. The van der Waals surface area contributed by atoms with Gasteiger partial charge in [-0.2, -0.15) is 0 Å². The van der Waals surface area contributed by atoms with Crippen LogP contribution in [0.5, 0.6) is 5.75 Å². The molecule has 3 N–H and O–H groups in total. The molecule has 7 heteroatoms. The maximum absolute atomic E-state index is 11.7. The number of halogens is 1. The quantitative estimate of drug-likeness (QED) is 0.645. The Kier molecular flexibility index (Phi) is 5.96. The first kappa shape index (κ1) is 18.0. The van der Waals surface area contributed by atoms with Crippen LogP contribution in [0, 0.1) is 5.41 Å². The Morgan fingerprint density at radius 3 is 2.36 bits per heavy atom. The van der Waals surface area contributed by atoms with E-state index in [4.69, 9.17) is 15.9 Å². The maximum Gasteiger partial charge on any atom is 0.175 e. The molecule has 0 bridgehead atoms. The topological polar surface area (TPSA) is 93.2 Å². The second-order valence-electron chi connectivity index (χ2n) is 4.58. The number of nitrogens with one attached hydrogen (secondary N) is 1. The molecule has 0 heterocycles. The molecule has 0 aliphatic rings. The van der Waals surface area contributed by atoms with Crippen LogP contribution in [0.15, 0.2) is 53.4 Å². The molecular weight excluding hydrogens is 324 g/mol. The van der Waals surface area contributed by atoms with Gasteiger partial charge in [0.1, 0.15) is 18.2 Å². The molecule has 0 amide bonds. The van der Waals surface area contributed by atoms with Crippen molar-refractivity contribution in [2.24, 2.45) is 5.73 Å². The van der Waals surface area contributed by atoms with Crippen LogP contribution in [-0.4, -0.2) is 20.5 Å². The fourth-order valence-corrected chi connectivity index (χ4v) is 2.88. The van der Waals surface area contributed by atoms with Gasteiger partial charge in [-0.05, 0) is 18.2 Å². The molecule has 2 aromatic carbocycles. The second kappa shape index (κ2) is 7.29. The highest BCUT2D eigenvalue weighted by Gasteiger charge is 2.13. The minimum absolute atomic E-state index is 0. The SMILES string of the molecule is CS(=O)(=O)c1ccccc1COc1ccccc1C(=N)N.Cl. The normalized spacial score (nSPS) is 10.6. The van der Waals surface area contributed by atoms with E-state index in [1.165, 1.54) is 0 Å². The third-order valence-corrected chi connectivity index (χ3v) is 4.13. The molecule has 0 atom stereocenters. The van der Waals surface area contributed by atoms with E-state index in [0.717, 1.165) is 6.26 Å². The number of ether oxygens (including phenoxy) is 1. The van der Waals surface area contributed by atoms with Crippen molar-refractivity contribution in [1.29, 1.82) is 5.41 Å². The van der Waals surface area contributed by atoms with Gasteiger partial charge in [0.25, 0.3) is 0 Å². The van der Waals surface area contributed by atoms with Crippen molar-refractivity contribution in [3.63, 3.8) is 0 Å². The molecule has 0 aliphatic heterocycles. The lowest BCUT2D eigenvalue weighted by molar-refractivity contribution is 0.302. The summed E-state index contributed by atoms with van der Waals surface area (Å²) in [7, 11) is -3.31. The Hall–Kier alpha value is -2.05. The van der Waals surface area contributed by atoms with Crippen LogP contribution in [0.3, 0.4) is 0 Å². The van der Waals surface area contributed by atoms with Crippen LogP contribution in [-0.2, 0) is 16.4 Å². The zero-order valence-electron chi connectivity index (χ0n) is 11.9. The summed E-state index contributed by atoms with van der Waals surface area (Å²) in [6.45, 7) is 0.0908. The number of benzene rings is 2. The average molecular weight is 341 g/mol. The number of rotatable bonds is 5. The summed E-state index contributed by atoms with van der Waals surface area (Å²) in [6.07, 6.45) is 1.16. The van der Waals surface area contributed by atoms with Gasteiger partial charge in [-0.25, -0.2) is 8.42 Å².